The van der Waals surface area contributed by atoms with E-state index in [2.05, 4.69) is 4.98 Å². The predicted octanol–water partition coefficient (Wildman–Crippen LogP) is 2.87. The molecule has 0 bridgehead atoms. The number of rotatable bonds is 3. The Bertz CT molecular complexity index is 337. The molecule has 14 heavy (non-hydrogen) atoms. The van der Waals surface area contributed by atoms with Gasteiger partial charge in [0.25, 0.3) is 0 Å². The first-order chi connectivity index (χ1) is 6.61. The van der Waals surface area contributed by atoms with E-state index in [4.69, 9.17) is 0 Å². The van der Waals surface area contributed by atoms with Gasteiger partial charge in [-0.1, -0.05) is 24.6 Å². The first-order valence-electron chi connectivity index (χ1n) is 4.71. The Hall–Kier alpha value is -1.44. The first kappa shape index (κ1) is 10.6. The summed E-state index contributed by atoms with van der Waals surface area (Å²) in [5.41, 5.74) is 1.69. The van der Waals surface area contributed by atoms with Crippen molar-refractivity contribution in [1.29, 1.82) is 0 Å². The average molecular weight is 189 g/mol. The molecule has 0 spiro atoms. The zero-order chi connectivity index (χ0) is 10.6. The molecule has 1 aromatic rings. The number of ketones is 1. The van der Waals surface area contributed by atoms with Crippen LogP contribution in [0.5, 0.6) is 0 Å². The van der Waals surface area contributed by atoms with Crippen LogP contribution in [-0.4, -0.2) is 10.8 Å². The third-order valence-corrected chi connectivity index (χ3v) is 1.91. The molecule has 0 amide bonds. The minimum atomic E-state index is -0.0881. The third kappa shape index (κ3) is 2.80. The summed E-state index contributed by atoms with van der Waals surface area (Å²) < 4.78 is 0. The van der Waals surface area contributed by atoms with E-state index in [9.17, 15) is 4.79 Å². The van der Waals surface area contributed by atoms with Gasteiger partial charge < -0.3 is 0 Å². The molecule has 0 unspecified atom stereocenters. The van der Waals surface area contributed by atoms with Crippen molar-refractivity contribution in [2.75, 3.05) is 0 Å². The highest BCUT2D eigenvalue weighted by Crippen LogP contribution is 2.09. The quantitative estimate of drug-likeness (QED) is 0.540. The minimum absolute atomic E-state index is 0.0757. The molecule has 0 aliphatic rings. The Morgan fingerprint density at radius 3 is 2.64 bits per heavy atom. The van der Waals surface area contributed by atoms with Gasteiger partial charge in [-0.15, -0.1) is 0 Å². The fraction of sp³-hybridized carbons (Fsp3) is 0.333. The van der Waals surface area contributed by atoms with Crippen LogP contribution in [0.3, 0.4) is 0 Å². The van der Waals surface area contributed by atoms with Crippen LogP contribution in [0, 0.1) is 5.92 Å². The van der Waals surface area contributed by atoms with Gasteiger partial charge in [0.1, 0.15) is 5.69 Å². The number of carbonyl (C=O) groups is 1. The van der Waals surface area contributed by atoms with Crippen LogP contribution in [-0.2, 0) is 0 Å². The predicted molar refractivity (Wildman–Crippen MR) is 57.2 cm³/mol. The number of pyridine rings is 1. The van der Waals surface area contributed by atoms with E-state index in [-0.39, 0.29) is 11.7 Å². The Labute approximate surface area is 84.7 Å². The van der Waals surface area contributed by atoms with Crippen LogP contribution in [0.25, 0.3) is 0 Å². The average Bonchev–Trinajstić information content (AvgIpc) is 2.17. The Morgan fingerprint density at radius 2 is 2.14 bits per heavy atom. The molecule has 0 aromatic carbocycles. The van der Waals surface area contributed by atoms with Crippen LogP contribution >= 0.6 is 0 Å². The van der Waals surface area contributed by atoms with Crippen LogP contribution in [0.15, 0.2) is 36.0 Å². The van der Waals surface area contributed by atoms with Crippen molar-refractivity contribution in [1.82, 2.24) is 4.98 Å². The lowest BCUT2D eigenvalue weighted by Gasteiger charge is -2.04. The highest BCUT2D eigenvalue weighted by Gasteiger charge is 2.12. The van der Waals surface area contributed by atoms with Crippen LogP contribution in [0.4, 0.5) is 0 Å². The fourth-order valence-corrected chi connectivity index (χ4v) is 1.32. The maximum Gasteiger partial charge on any atom is 0.187 e. The van der Waals surface area contributed by atoms with E-state index in [0.717, 1.165) is 5.57 Å². The summed E-state index contributed by atoms with van der Waals surface area (Å²) in [5, 5.41) is 0. The standard InChI is InChI=1S/C12H15NO/c1-9(2)8-10(3)12(14)11-6-4-5-7-13-11/h4-8,10H,1-3H3/t10-/m1/s1. The van der Waals surface area contributed by atoms with Gasteiger partial charge in [0, 0.05) is 12.1 Å². The van der Waals surface area contributed by atoms with Gasteiger partial charge in [-0.3, -0.25) is 9.78 Å². The number of aromatic nitrogens is 1. The van der Waals surface area contributed by atoms with Crippen LogP contribution in [0.2, 0.25) is 0 Å². The number of allylic oxidation sites excluding steroid dienone is 2. The molecule has 0 fully saturated rings. The van der Waals surface area contributed by atoms with Crippen molar-refractivity contribution in [3.8, 4) is 0 Å². The number of carbonyl (C=O) groups excluding carboxylic acids is 1. The maximum absolute atomic E-state index is 11.8. The molecule has 0 aliphatic carbocycles. The lowest BCUT2D eigenvalue weighted by atomic mass is 10.0. The summed E-state index contributed by atoms with van der Waals surface area (Å²) in [6.45, 7) is 5.87. The molecule has 2 nitrogen and oxygen atoms in total. The molecule has 1 heterocycles. The molecular formula is C12H15NO. The van der Waals surface area contributed by atoms with Crippen LogP contribution < -0.4 is 0 Å². The van der Waals surface area contributed by atoms with E-state index < -0.39 is 0 Å². The molecule has 0 aliphatic heterocycles. The molecule has 1 rings (SSSR count). The van der Waals surface area contributed by atoms with Crippen molar-refractivity contribution < 1.29 is 4.79 Å². The molecule has 2 heteroatoms. The molecule has 74 valence electrons. The molecule has 0 N–H and O–H groups in total. The largest absolute Gasteiger partial charge is 0.292 e. The van der Waals surface area contributed by atoms with Gasteiger partial charge in [0.2, 0.25) is 0 Å². The second kappa shape index (κ2) is 4.70. The van der Waals surface area contributed by atoms with Crippen molar-refractivity contribution in [3.05, 3.63) is 41.7 Å². The van der Waals surface area contributed by atoms with Crippen molar-refractivity contribution in [3.63, 3.8) is 0 Å². The first-order valence-corrected chi connectivity index (χ1v) is 4.71. The highest BCUT2D eigenvalue weighted by molar-refractivity contribution is 5.96. The van der Waals surface area contributed by atoms with Crippen molar-refractivity contribution in [2.45, 2.75) is 20.8 Å². The van der Waals surface area contributed by atoms with Crippen molar-refractivity contribution >= 4 is 5.78 Å². The molecular weight excluding hydrogens is 174 g/mol. The summed E-state index contributed by atoms with van der Waals surface area (Å²) in [6, 6.07) is 5.38. The molecule has 0 saturated heterocycles. The van der Waals surface area contributed by atoms with E-state index in [1.165, 1.54) is 0 Å². The minimum Gasteiger partial charge on any atom is -0.292 e. The van der Waals surface area contributed by atoms with E-state index in [1.807, 2.05) is 39.0 Å². The molecule has 0 radical (unpaired) electrons. The number of hydrogen-bond donors (Lipinski definition) is 0. The summed E-state index contributed by atoms with van der Waals surface area (Å²) >= 11 is 0. The zero-order valence-electron chi connectivity index (χ0n) is 8.82. The van der Waals surface area contributed by atoms with E-state index >= 15 is 0 Å². The topological polar surface area (TPSA) is 30.0 Å². The smallest absolute Gasteiger partial charge is 0.187 e. The second-order valence-corrected chi connectivity index (χ2v) is 3.61. The summed E-state index contributed by atoms with van der Waals surface area (Å²) in [5.74, 6) is -0.0123. The monoisotopic (exact) mass is 189 g/mol. The summed E-state index contributed by atoms with van der Waals surface area (Å²) in [6.07, 6.45) is 3.60. The highest BCUT2D eigenvalue weighted by atomic mass is 16.1. The Morgan fingerprint density at radius 1 is 1.43 bits per heavy atom. The fourth-order valence-electron chi connectivity index (χ4n) is 1.32. The lowest BCUT2D eigenvalue weighted by molar-refractivity contribution is 0.0948. The molecule has 0 saturated carbocycles. The zero-order valence-corrected chi connectivity index (χ0v) is 8.82. The van der Waals surface area contributed by atoms with Crippen molar-refractivity contribution in [2.24, 2.45) is 5.92 Å². The van der Waals surface area contributed by atoms with E-state index in [0.29, 0.717) is 5.69 Å². The number of nitrogens with zero attached hydrogens (tertiary/aromatic N) is 1. The number of hydrogen-bond acceptors (Lipinski definition) is 2. The normalized spacial score (nSPS) is 11.9. The lowest BCUT2D eigenvalue weighted by Crippen LogP contribution is -2.10. The second-order valence-electron chi connectivity index (χ2n) is 3.61. The SMILES string of the molecule is CC(C)=C[C@@H](C)C(=O)c1ccccn1. The van der Waals surface area contributed by atoms with Gasteiger partial charge in [-0.25, -0.2) is 0 Å². The Balaban J connectivity index is 2.82. The van der Waals surface area contributed by atoms with Gasteiger partial charge in [0.05, 0.1) is 0 Å². The maximum atomic E-state index is 11.8. The summed E-state index contributed by atoms with van der Waals surface area (Å²) in [4.78, 5) is 15.8. The van der Waals surface area contributed by atoms with Gasteiger partial charge in [-0.2, -0.15) is 0 Å². The molecule has 1 aromatic heterocycles. The summed E-state index contributed by atoms with van der Waals surface area (Å²) in [7, 11) is 0. The Kier molecular flexibility index (Phi) is 3.57. The number of Topliss-reactive ketones (excluding diaryl/α,β-unsaturated/α-hetero) is 1. The van der Waals surface area contributed by atoms with Gasteiger partial charge in [-0.05, 0) is 26.0 Å². The van der Waals surface area contributed by atoms with Gasteiger partial charge >= 0.3 is 0 Å². The molecule has 1 atom stereocenters. The van der Waals surface area contributed by atoms with Gasteiger partial charge in [0.15, 0.2) is 5.78 Å². The third-order valence-electron chi connectivity index (χ3n) is 1.91. The van der Waals surface area contributed by atoms with E-state index in [1.54, 1.807) is 12.3 Å². The van der Waals surface area contributed by atoms with Crippen LogP contribution in [0.1, 0.15) is 31.3 Å².